The summed E-state index contributed by atoms with van der Waals surface area (Å²) < 4.78 is 1.01. The van der Waals surface area contributed by atoms with Crippen molar-refractivity contribution >= 4 is 17.7 Å². The summed E-state index contributed by atoms with van der Waals surface area (Å²) in [7, 11) is 0. The Hall–Kier alpha value is 0.597. The molecule has 0 aromatic carbocycles. The zero-order valence-electron chi connectivity index (χ0n) is 8.27. The fourth-order valence-electron chi connectivity index (χ4n) is 2.69. The molecular formula is C10H19Li. The van der Waals surface area contributed by atoms with E-state index in [0.29, 0.717) is 0 Å². The van der Waals surface area contributed by atoms with Crippen LogP contribution in [0.15, 0.2) is 0 Å². The van der Waals surface area contributed by atoms with Crippen molar-refractivity contribution in [2.45, 2.75) is 50.5 Å². The van der Waals surface area contributed by atoms with Gasteiger partial charge in [-0.1, -0.05) is 0 Å². The van der Waals surface area contributed by atoms with E-state index in [2.05, 4.69) is 31.6 Å². The zero-order chi connectivity index (χ0) is 8.27. The van der Waals surface area contributed by atoms with Gasteiger partial charge < -0.3 is 0 Å². The molecule has 0 aromatic heterocycles. The summed E-state index contributed by atoms with van der Waals surface area (Å²) in [6, 6.07) is 0. The summed E-state index contributed by atoms with van der Waals surface area (Å²) in [6.45, 7) is 4.65. The predicted octanol–water partition coefficient (Wildman–Crippen LogP) is 3.18. The third-order valence-corrected chi connectivity index (χ3v) is 3.58. The topological polar surface area (TPSA) is 0 Å². The van der Waals surface area contributed by atoms with Crippen molar-refractivity contribution in [3.8, 4) is 0 Å². The van der Waals surface area contributed by atoms with Crippen molar-refractivity contribution in [2.75, 3.05) is 0 Å². The molecule has 0 aromatic rings. The van der Waals surface area contributed by atoms with Crippen molar-refractivity contribution in [3.05, 3.63) is 0 Å². The Bertz CT molecular complexity index is 111. The Morgan fingerprint density at radius 3 is 2.27 bits per heavy atom. The van der Waals surface area contributed by atoms with Crippen molar-refractivity contribution in [2.24, 2.45) is 11.8 Å². The second-order valence-electron chi connectivity index (χ2n) is 4.15. The summed E-state index contributed by atoms with van der Waals surface area (Å²) >= 11 is 2.46. The SMILES string of the molecule is [Li][CH]1C(CC)CCC1CCC. The van der Waals surface area contributed by atoms with E-state index in [-0.39, 0.29) is 0 Å². The van der Waals surface area contributed by atoms with Gasteiger partial charge in [-0.05, 0) is 0 Å². The van der Waals surface area contributed by atoms with E-state index >= 15 is 0 Å². The summed E-state index contributed by atoms with van der Waals surface area (Å²) in [6.07, 6.45) is 7.26. The minimum absolute atomic E-state index is 1.01. The first kappa shape index (κ1) is 9.68. The molecule has 0 heterocycles. The molecule has 0 radical (unpaired) electrons. The molecule has 0 nitrogen and oxygen atoms in total. The molecule has 0 bridgehead atoms. The molecule has 60 valence electrons. The van der Waals surface area contributed by atoms with Crippen LogP contribution in [0.25, 0.3) is 0 Å². The number of hydrogen-bond donors (Lipinski definition) is 0. The van der Waals surface area contributed by atoms with Crippen LogP contribution in [-0.2, 0) is 0 Å². The third-order valence-electron chi connectivity index (χ3n) is 3.58. The van der Waals surface area contributed by atoms with Crippen LogP contribution in [0.2, 0.25) is 4.59 Å². The van der Waals surface area contributed by atoms with Crippen LogP contribution in [0.1, 0.15) is 46.0 Å². The van der Waals surface area contributed by atoms with Crippen molar-refractivity contribution in [3.63, 3.8) is 0 Å². The van der Waals surface area contributed by atoms with Gasteiger partial charge in [0.1, 0.15) is 0 Å². The van der Waals surface area contributed by atoms with Gasteiger partial charge in [-0.25, -0.2) is 0 Å². The fraction of sp³-hybridized carbons (Fsp3) is 1.00. The van der Waals surface area contributed by atoms with Gasteiger partial charge in [-0.3, -0.25) is 0 Å². The van der Waals surface area contributed by atoms with Crippen LogP contribution in [0.4, 0.5) is 0 Å². The summed E-state index contributed by atoms with van der Waals surface area (Å²) in [5.74, 6) is 2.11. The van der Waals surface area contributed by atoms with Crippen LogP contribution >= 0.6 is 0 Å². The first-order valence-electron chi connectivity index (χ1n) is 5.29. The van der Waals surface area contributed by atoms with Crippen LogP contribution in [0.5, 0.6) is 0 Å². The fourth-order valence-corrected chi connectivity index (χ4v) is 2.69. The number of rotatable bonds is 3. The van der Waals surface area contributed by atoms with Crippen LogP contribution in [0, 0.1) is 11.8 Å². The second-order valence-corrected chi connectivity index (χ2v) is 4.15. The standard InChI is InChI=1S/C10H19.Li/c1-3-5-10-7-6-9(4-2)8-10;/h8-10H,3-7H2,1-2H3;. The van der Waals surface area contributed by atoms with Crippen LogP contribution < -0.4 is 0 Å². The third kappa shape index (κ3) is 2.26. The van der Waals surface area contributed by atoms with E-state index in [1.165, 1.54) is 32.1 Å². The molecular weight excluding hydrogens is 127 g/mol. The quantitative estimate of drug-likeness (QED) is 0.536. The second kappa shape index (κ2) is 4.58. The molecule has 0 saturated heterocycles. The first-order chi connectivity index (χ1) is 5.29. The monoisotopic (exact) mass is 146 g/mol. The molecule has 1 saturated carbocycles. The van der Waals surface area contributed by atoms with Gasteiger partial charge in [0.05, 0.1) is 0 Å². The zero-order valence-corrected chi connectivity index (χ0v) is 8.27. The molecule has 0 amide bonds. The normalized spacial score (nSPS) is 38.0. The summed E-state index contributed by atoms with van der Waals surface area (Å²) in [5.41, 5.74) is 0. The minimum atomic E-state index is 1.01. The van der Waals surface area contributed by atoms with E-state index in [9.17, 15) is 0 Å². The van der Waals surface area contributed by atoms with Crippen molar-refractivity contribution in [1.82, 2.24) is 0 Å². The molecule has 0 N–H and O–H groups in total. The van der Waals surface area contributed by atoms with E-state index in [4.69, 9.17) is 0 Å². The predicted molar refractivity (Wildman–Crippen MR) is 50.9 cm³/mol. The molecule has 3 unspecified atom stereocenters. The van der Waals surface area contributed by atoms with Gasteiger partial charge in [0.25, 0.3) is 0 Å². The summed E-state index contributed by atoms with van der Waals surface area (Å²) in [4.78, 5) is 0. The Kier molecular flexibility index (Phi) is 4.03. The molecule has 1 heteroatoms. The van der Waals surface area contributed by atoms with Gasteiger partial charge in [0, 0.05) is 0 Å². The maximum atomic E-state index is 2.46. The molecule has 1 aliphatic carbocycles. The summed E-state index contributed by atoms with van der Waals surface area (Å²) in [5, 5.41) is 0. The van der Waals surface area contributed by atoms with Crippen molar-refractivity contribution < 1.29 is 0 Å². The van der Waals surface area contributed by atoms with E-state index < -0.39 is 0 Å². The first-order valence-corrected chi connectivity index (χ1v) is 5.29. The van der Waals surface area contributed by atoms with Gasteiger partial charge in [-0.15, -0.1) is 0 Å². The Labute approximate surface area is 80.3 Å². The Balaban J connectivity index is 2.35. The maximum absolute atomic E-state index is 2.46. The Morgan fingerprint density at radius 2 is 1.82 bits per heavy atom. The molecule has 1 aliphatic rings. The molecule has 11 heavy (non-hydrogen) atoms. The van der Waals surface area contributed by atoms with E-state index in [1.54, 1.807) is 0 Å². The molecule has 0 aliphatic heterocycles. The van der Waals surface area contributed by atoms with Gasteiger partial charge in [0.2, 0.25) is 0 Å². The van der Waals surface area contributed by atoms with Gasteiger partial charge >= 0.3 is 80.1 Å². The average Bonchev–Trinajstić information content (AvgIpc) is 2.34. The van der Waals surface area contributed by atoms with Gasteiger partial charge in [0.15, 0.2) is 0 Å². The Morgan fingerprint density at radius 1 is 1.18 bits per heavy atom. The van der Waals surface area contributed by atoms with Gasteiger partial charge in [-0.2, -0.15) is 0 Å². The van der Waals surface area contributed by atoms with Crippen LogP contribution in [0.3, 0.4) is 0 Å². The van der Waals surface area contributed by atoms with Crippen molar-refractivity contribution in [1.29, 1.82) is 0 Å². The average molecular weight is 146 g/mol. The van der Waals surface area contributed by atoms with Crippen LogP contribution in [-0.4, -0.2) is 17.7 Å². The molecule has 1 rings (SSSR count). The molecule has 1 fully saturated rings. The molecule has 0 spiro atoms. The van der Waals surface area contributed by atoms with E-state index in [0.717, 1.165) is 16.4 Å². The number of hydrogen-bond acceptors (Lipinski definition) is 0. The van der Waals surface area contributed by atoms with E-state index in [1.807, 2.05) is 0 Å². The molecule has 3 atom stereocenters.